The molecule has 1 amide bonds. The van der Waals surface area contributed by atoms with Gasteiger partial charge in [0.1, 0.15) is 0 Å². The summed E-state index contributed by atoms with van der Waals surface area (Å²) in [7, 11) is 1.94. The van der Waals surface area contributed by atoms with Crippen LogP contribution in [0.5, 0.6) is 0 Å². The molecule has 0 unspecified atom stereocenters. The van der Waals surface area contributed by atoms with Crippen molar-refractivity contribution in [1.82, 2.24) is 14.8 Å². The predicted molar refractivity (Wildman–Crippen MR) is 109 cm³/mol. The van der Waals surface area contributed by atoms with Gasteiger partial charge in [0.25, 0.3) is 0 Å². The van der Waals surface area contributed by atoms with Crippen molar-refractivity contribution in [2.75, 3.05) is 26.7 Å². The number of aromatic nitrogens is 1. The van der Waals surface area contributed by atoms with E-state index < -0.39 is 0 Å². The third-order valence-electron chi connectivity index (χ3n) is 5.62. The molecule has 4 nitrogen and oxygen atoms in total. The van der Waals surface area contributed by atoms with Gasteiger partial charge in [0.05, 0.1) is 5.69 Å². The van der Waals surface area contributed by atoms with E-state index in [1.165, 1.54) is 5.56 Å². The Morgan fingerprint density at radius 2 is 1.85 bits per heavy atom. The van der Waals surface area contributed by atoms with E-state index in [1.54, 1.807) is 0 Å². The Kier molecular flexibility index (Phi) is 6.99. The zero-order valence-corrected chi connectivity index (χ0v) is 16.6. The van der Waals surface area contributed by atoms with E-state index in [0.29, 0.717) is 18.3 Å². The molecule has 2 heterocycles. The monoisotopic (exact) mass is 365 g/mol. The van der Waals surface area contributed by atoms with Gasteiger partial charge in [0, 0.05) is 32.8 Å². The molecule has 3 rings (SSSR count). The SMILES string of the molecule is C[C@@H](CN(C)C(=O)CC1CCN(Cc2ccccn2)CC1)c1ccccc1. The van der Waals surface area contributed by atoms with Crippen molar-refractivity contribution < 1.29 is 4.79 Å². The van der Waals surface area contributed by atoms with Crippen LogP contribution in [0.25, 0.3) is 0 Å². The average Bonchev–Trinajstić information content (AvgIpc) is 2.71. The number of carbonyl (C=O) groups excluding carboxylic acids is 1. The smallest absolute Gasteiger partial charge is 0.222 e. The number of rotatable bonds is 7. The molecular formula is C23H31N3O. The normalized spacial score (nSPS) is 16.8. The fraction of sp³-hybridized carbons (Fsp3) is 0.478. The van der Waals surface area contributed by atoms with Gasteiger partial charge in [-0.25, -0.2) is 0 Å². The molecule has 1 aromatic carbocycles. The third-order valence-corrected chi connectivity index (χ3v) is 5.62. The molecule has 27 heavy (non-hydrogen) atoms. The minimum Gasteiger partial charge on any atom is -0.345 e. The van der Waals surface area contributed by atoms with Crippen molar-refractivity contribution in [3.8, 4) is 0 Å². The van der Waals surface area contributed by atoms with E-state index in [0.717, 1.165) is 44.7 Å². The minimum absolute atomic E-state index is 0.279. The predicted octanol–water partition coefficient (Wildman–Crippen LogP) is 3.95. The van der Waals surface area contributed by atoms with Crippen molar-refractivity contribution in [2.24, 2.45) is 5.92 Å². The molecule has 0 bridgehead atoms. The Bertz CT molecular complexity index is 696. The fourth-order valence-corrected chi connectivity index (χ4v) is 3.87. The van der Waals surface area contributed by atoms with Crippen LogP contribution in [-0.2, 0) is 11.3 Å². The van der Waals surface area contributed by atoms with Crippen molar-refractivity contribution in [3.05, 3.63) is 66.0 Å². The van der Waals surface area contributed by atoms with E-state index in [2.05, 4.69) is 47.1 Å². The maximum atomic E-state index is 12.7. The molecule has 2 aromatic rings. The van der Waals surface area contributed by atoms with Crippen LogP contribution < -0.4 is 0 Å². The maximum absolute atomic E-state index is 12.7. The molecule has 4 heteroatoms. The number of piperidine rings is 1. The number of likely N-dealkylation sites (tertiary alicyclic amines) is 1. The quantitative estimate of drug-likeness (QED) is 0.745. The van der Waals surface area contributed by atoms with Crippen LogP contribution in [0.3, 0.4) is 0 Å². The first-order valence-electron chi connectivity index (χ1n) is 10.0. The number of hydrogen-bond acceptors (Lipinski definition) is 3. The highest BCUT2D eigenvalue weighted by Gasteiger charge is 2.23. The highest BCUT2D eigenvalue weighted by molar-refractivity contribution is 5.76. The summed E-state index contributed by atoms with van der Waals surface area (Å²) in [5, 5.41) is 0. The van der Waals surface area contributed by atoms with E-state index in [1.807, 2.05) is 36.3 Å². The van der Waals surface area contributed by atoms with Gasteiger partial charge in [-0.2, -0.15) is 0 Å². The van der Waals surface area contributed by atoms with Crippen molar-refractivity contribution >= 4 is 5.91 Å². The minimum atomic E-state index is 0.279. The molecule has 1 aromatic heterocycles. The van der Waals surface area contributed by atoms with Gasteiger partial charge in [0.2, 0.25) is 5.91 Å². The van der Waals surface area contributed by atoms with Crippen LogP contribution in [0.1, 0.15) is 43.4 Å². The summed E-state index contributed by atoms with van der Waals surface area (Å²) in [4.78, 5) is 21.4. The number of hydrogen-bond donors (Lipinski definition) is 0. The molecule has 1 aliphatic heterocycles. The number of amides is 1. The lowest BCUT2D eigenvalue weighted by Gasteiger charge is -2.32. The second-order valence-corrected chi connectivity index (χ2v) is 7.83. The zero-order chi connectivity index (χ0) is 19.1. The zero-order valence-electron chi connectivity index (χ0n) is 16.6. The van der Waals surface area contributed by atoms with E-state index >= 15 is 0 Å². The summed E-state index contributed by atoms with van der Waals surface area (Å²) in [6.07, 6.45) is 4.73. The van der Waals surface area contributed by atoms with Crippen LogP contribution >= 0.6 is 0 Å². The molecule has 0 N–H and O–H groups in total. The lowest BCUT2D eigenvalue weighted by Crippen LogP contribution is -2.37. The van der Waals surface area contributed by atoms with Crippen LogP contribution in [0.4, 0.5) is 0 Å². The maximum Gasteiger partial charge on any atom is 0.222 e. The summed E-state index contributed by atoms with van der Waals surface area (Å²) in [5.74, 6) is 1.15. The van der Waals surface area contributed by atoms with Gasteiger partial charge < -0.3 is 4.90 Å². The molecule has 0 radical (unpaired) electrons. The standard InChI is InChI=1S/C23H31N3O/c1-19(21-8-4-3-5-9-21)17-25(2)23(27)16-20-11-14-26(15-12-20)18-22-10-6-7-13-24-22/h3-10,13,19-20H,11-12,14-18H2,1-2H3/t19-/m0/s1. The second kappa shape index (κ2) is 9.65. The van der Waals surface area contributed by atoms with Crippen LogP contribution in [0, 0.1) is 5.92 Å². The molecule has 1 aliphatic rings. The van der Waals surface area contributed by atoms with Gasteiger partial charge >= 0.3 is 0 Å². The topological polar surface area (TPSA) is 36.4 Å². The van der Waals surface area contributed by atoms with Gasteiger partial charge in [-0.1, -0.05) is 43.3 Å². The first kappa shape index (κ1) is 19.6. The summed E-state index contributed by atoms with van der Waals surface area (Å²) < 4.78 is 0. The molecule has 1 atom stereocenters. The third kappa shape index (κ3) is 5.90. The number of benzene rings is 1. The summed E-state index contributed by atoms with van der Waals surface area (Å²) in [6, 6.07) is 16.5. The van der Waals surface area contributed by atoms with Gasteiger partial charge in [-0.3, -0.25) is 14.7 Å². The van der Waals surface area contributed by atoms with E-state index in [4.69, 9.17) is 0 Å². The number of pyridine rings is 1. The van der Waals surface area contributed by atoms with E-state index in [9.17, 15) is 4.79 Å². The van der Waals surface area contributed by atoms with Crippen molar-refractivity contribution in [3.63, 3.8) is 0 Å². The molecule has 1 fully saturated rings. The van der Waals surface area contributed by atoms with Crippen LogP contribution in [0.2, 0.25) is 0 Å². The lowest BCUT2D eigenvalue weighted by molar-refractivity contribution is -0.131. The summed E-state index contributed by atoms with van der Waals surface area (Å²) >= 11 is 0. The molecule has 0 saturated carbocycles. The highest BCUT2D eigenvalue weighted by Crippen LogP contribution is 2.23. The summed E-state index contributed by atoms with van der Waals surface area (Å²) in [5.41, 5.74) is 2.42. The molecule has 0 spiro atoms. The lowest BCUT2D eigenvalue weighted by atomic mass is 9.92. The second-order valence-electron chi connectivity index (χ2n) is 7.83. The molecule has 144 valence electrons. The molecular weight excluding hydrogens is 334 g/mol. The molecule has 0 aliphatic carbocycles. The first-order valence-corrected chi connectivity index (χ1v) is 10.0. The molecule has 1 saturated heterocycles. The largest absolute Gasteiger partial charge is 0.345 e. The van der Waals surface area contributed by atoms with Gasteiger partial charge in [-0.15, -0.1) is 0 Å². The first-order chi connectivity index (χ1) is 13.1. The van der Waals surface area contributed by atoms with Gasteiger partial charge in [-0.05, 0) is 55.5 Å². The average molecular weight is 366 g/mol. The van der Waals surface area contributed by atoms with Crippen LogP contribution in [0.15, 0.2) is 54.7 Å². The van der Waals surface area contributed by atoms with Gasteiger partial charge in [0.15, 0.2) is 0 Å². The Morgan fingerprint density at radius 3 is 2.52 bits per heavy atom. The Labute approximate surface area is 163 Å². The Balaban J connectivity index is 1.41. The van der Waals surface area contributed by atoms with Crippen LogP contribution in [-0.4, -0.2) is 47.4 Å². The highest BCUT2D eigenvalue weighted by atomic mass is 16.2. The summed E-state index contributed by atoms with van der Waals surface area (Å²) in [6.45, 7) is 5.99. The Morgan fingerprint density at radius 1 is 1.15 bits per heavy atom. The number of likely N-dealkylation sites (N-methyl/N-ethyl adjacent to an activating group) is 1. The Hall–Kier alpha value is -2.20. The number of nitrogens with zero attached hydrogens (tertiary/aromatic N) is 3. The number of carbonyl (C=O) groups is 1. The fourth-order valence-electron chi connectivity index (χ4n) is 3.87. The van der Waals surface area contributed by atoms with E-state index in [-0.39, 0.29) is 5.91 Å². The van der Waals surface area contributed by atoms with Crippen molar-refractivity contribution in [1.29, 1.82) is 0 Å². The van der Waals surface area contributed by atoms with Crippen molar-refractivity contribution in [2.45, 2.75) is 38.6 Å².